The molecule has 28 heavy (non-hydrogen) atoms. The standard InChI is InChI=1S/C21H19ClN4OS/c22-15-9-8-14(12-23)17(11-15)24-20(27)13-26-10-4-3-6-18(26)21-25-16-5-1-2-7-19(16)28-21/h1-2,5,7-9,11,18H,3-4,6,10,13H2,(H,24,27)/t18-/m1/s1. The third kappa shape index (κ3) is 4.02. The maximum Gasteiger partial charge on any atom is 0.238 e. The predicted molar refractivity (Wildman–Crippen MR) is 113 cm³/mol. The fourth-order valence-corrected chi connectivity index (χ4v) is 4.89. The van der Waals surface area contributed by atoms with Gasteiger partial charge in [0.05, 0.1) is 34.1 Å². The summed E-state index contributed by atoms with van der Waals surface area (Å²) in [5.74, 6) is -0.147. The molecule has 1 amide bonds. The van der Waals surface area contributed by atoms with E-state index in [0.717, 1.165) is 36.3 Å². The molecule has 1 N–H and O–H groups in total. The number of likely N-dealkylation sites (tertiary alicyclic amines) is 1. The number of hydrogen-bond donors (Lipinski definition) is 1. The van der Waals surface area contributed by atoms with Crippen molar-refractivity contribution in [3.63, 3.8) is 0 Å². The molecule has 1 aromatic heterocycles. The van der Waals surface area contributed by atoms with Crippen molar-refractivity contribution >= 4 is 44.7 Å². The van der Waals surface area contributed by atoms with Crippen molar-refractivity contribution in [3.05, 3.63) is 58.1 Å². The van der Waals surface area contributed by atoms with E-state index in [1.165, 1.54) is 4.70 Å². The van der Waals surface area contributed by atoms with Gasteiger partial charge in [-0.3, -0.25) is 9.69 Å². The van der Waals surface area contributed by atoms with Gasteiger partial charge in [-0.2, -0.15) is 5.26 Å². The summed E-state index contributed by atoms with van der Waals surface area (Å²) in [6.07, 6.45) is 3.19. The summed E-state index contributed by atoms with van der Waals surface area (Å²) in [6, 6.07) is 15.2. The normalized spacial score (nSPS) is 17.4. The third-order valence-corrected chi connectivity index (χ3v) is 6.30. The number of rotatable bonds is 4. The van der Waals surface area contributed by atoms with E-state index < -0.39 is 0 Å². The molecule has 0 spiro atoms. The minimum atomic E-state index is -0.147. The van der Waals surface area contributed by atoms with Crippen LogP contribution in [0, 0.1) is 11.3 Å². The van der Waals surface area contributed by atoms with Gasteiger partial charge < -0.3 is 5.32 Å². The van der Waals surface area contributed by atoms with Gasteiger partial charge in [0.2, 0.25) is 5.91 Å². The molecular formula is C21H19ClN4OS. The highest BCUT2D eigenvalue weighted by molar-refractivity contribution is 7.18. The fourth-order valence-electron chi connectivity index (χ4n) is 3.58. The molecule has 3 aromatic rings. The van der Waals surface area contributed by atoms with Gasteiger partial charge >= 0.3 is 0 Å². The second-order valence-corrected chi connectivity index (χ2v) is 8.35. The number of carbonyl (C=O) groups is 1. The fraction of sp³-hybridized carbons (Fsp3) is 0.286. The van der Waals surface area contributed by atoms with Crippen LogP contribution in [0.4, 0.5) is 5.69 Å². The first-order chi connectivity index (χ1) is 13.6. The Bertz CT molecular complexity index is 1020. The summed E-state index contributed by atoms with van der Waals surface area (Å²) in [5, 5.41) is 13.6. The Kier molecular flexibility index (Phi) is 5.58. The summed E-state index contributed by atoms with van der Waals surface area (Å²) in [5.41, 5.74) is 1.86. The predicted octanol–water partition coefficient (Wildman–Crippen LogP) is 4.99. The minimum Gasteiger partial charge on any atom is -0.324 e. The van der Waals surface area contributed by atoms with Crippen LogP contribution in [0.5, 0.6) is 0 Å². The molecule has 2 heterocycles. The number of nitriles is 1. The minimum absolute atomic E-state index is 0.145. The highest BCUT2D eigenvalue weighted by atomic mass is 35.5. The van der Waals surface area contributed by atoms with E-state index in [4.69, 9.17) is 16.6 Å². The van der Waals surface area contributed by atoms with Crippen LogP contribution in [0.25, 0.3) is 10.2 Å². The maximum atomic E-state index is 12.7. The average molecular weight is 411 g/mol. The van der Waals surface area contributed by atoms with Gasteiger partial charge in [0.1, 0.15) is 11.1 Å². The lowest BCUT2D eigenvalue weighted by atomic mass is 10.0. The summed E-state index contributed by atoms with van der Waals surface area (Å²) in [7, 11) is 0. The summed E-state index contributed by atoms with van der Waals surface area (Å²) in [6.45, 7) is 1.12. The number of para-hydroxylation sites is 1. The lowest BCUT2D eigenvalue weighted by molar-refractivity contribution is -0.118. The number of nitrogens with one attached hydrogen (secondary N) is 1. The monoisotopic (exact) mass is 410 g/mol. The SMILES string of the molecule is N#Cc1ccc(Cl)cc1NC(=O)CN1CCCC[C@@H]1c1nc2ccccc2s1. The summed E-state index contributed by atoms with van der Waals surface area (Å²) < 4.78 is 1.17. The van der Waals surface area contributed by atoms with Gasteiger partial charge in [-0.25, -0.2) is 4.98 Å². The van der Waals surface area contributed by atoms with Crippen LogP contribution in [-0.2, 0) is 4.79 Å². The number of benzene rings is 2. The van der Waals surface area contributed by atoms with Gasteiger partial charge in [-0.1, -0.05) is 30.2 Å². The summed E-state index contributed by atoms with van der Waals surface area (Å²) in [4.78, 5) is 19.7. The Morgan fingerprint density at radius 1 is 1.32 bits per heavy atom. The van der Waals surface area contributed by atoms with Crippen molar-refractivity contribution in [1.82, 2.24) is 9.88 Å². The molecule has 1 saturated heterocycles. The van der Waals surface area contributed by atoms with Crippen LogP contribution in [-0.4, -0.2) is 28.9 Å². The van der Waals surface area contributed by atoms with Crippen LogP contribution in [0.15, 0.2) is 42.5 Å². The quantitative estimate of drug-likeness (QED) is 0.658. The van der Waals surface area contributed by atoms with Crippen LogP contribution < -0.4 is 5.32 Å². The smallest absolute Gasteiger partial charge is 0.238 e. The first kappa shape index (κ1) is 18.9. The molecule has 142 valence electrons. The van der Waals surface area contributed by atoms with Gasteiger partial charge in [-0.05, 0) is 49.7 Å². The molecular weight excluding hydrogens is 392 g/mol. The van der Waals surface area contributed by atoms with E-state index in [9.17, 15) is 10.1 Å². The van der Waals surface area contributed by atoms with Crippen LogP contribution in [0.3, 0.4) is 0 Å². The van der Waals surface area contributed by atoms with E-state index in [1.54, 1.807) is 29.5 Å². The summed E-state index contributed by atoms with van der Waals surface area (Å²) >= 11 is 7.71. The molecule has 0 bridgehead atoms. The third-order valence-electron chi connectivity index (χ3n) is 4.93. The lowest BCUT2D eigenvalue weighted by Crippen LogP contribution is -2.39. The van der Waals surface area contributed by atoms with Gasteiger partial charge in [0.15, 0.2) is 0 Å². The van der Waals surface area contributed by atoms with Crippen molar-refractivity contribution in [1.29, 1.82) is 5.26 Å². The molecule has 0 aliphatic carbocycles. The molecule has 1 fully saturated rings. The van der Waals surface area contributed by atoms with Crippen LogP contribution in [0.2, 0.25) is 5.02 Å². The van der Waals surface area contributed by atoms with Crippen LogP contribution in [0.1, 0.15) is 35.9 Å². The highest BCUT2D eigenvalue weighted by Crippen LogP contribution is 2.35. The van der Waals surface area contributed by atoms with Crippen molar-refractivity contribution in [2.45, 2.75) is 25.3 Å². The van der Waals surface area contributed by atoms with Gasteiger partial charge in [0, 0.05) is 5.02 Å². The second-order valence-electron chi connectivity index (χ2n) is 6.85. The molecule has 5 nitrogen and oxygen atoms in total. The first-order valence-electron chi connectivity index (χ1n) is 9.23. The first-order valence-corrected chi connectivity index (χ1v) is 10.4. The lowest BCUT2D eigenvalue weighted by Gasteiger charge is -2.33. The molecule has 1 aliphatic heterocycles. The molecule has 2 aromatic carbocycles. The van der Waals surface area contributed by atoms with E-state index in [-0.39, 0.29) is 18.5 Å². The molecule has 1 atom stereocenters. The number of piperidine rings is 1. The zero-order valence-electron chi connectivity index (χ0n) is 15.2. The Labute approximate surface area is 172 Å². The van der Waals surface area contributed by atoms with E-state index >= 15 is 0 Å². The van der Waals surface area contributed by atoms with Crippen molar-refractivity contribution in [3.8, 4) is 6.07 Å². The molecule has 4 rings (SSSR count). The van der Waals surface area contributed by atoms with E-state index in [0.29, 0.717) is 16.3 Å². The number of nitrogens with zero attached hydrogens (tertiary/aromatic N) is 3. The number of amides is 1. The molecule has 0 radical (unpaired) electrons. The molecule has 0 unspecified atom stereocenters. The number of aromatic nitrogens is 1. The number of thiazole rings is 1. The largest absolute Gasteiger partial charge is 0.324 e. The Balaban J connectivity index is 1.51. The van der Waals surface area contributed by atoms with Crippen molar-refractivity contribution < 1.29 is 4.79 Å². The average Bonchev–Trinajstić information content (AvgIpc) is 3.12. The van der Waals surface area contributed by atoms with Gasteiger partial charge in [0.25, 0.3) is 0 Å². The van der Waals surface area contributed by atoms with E-state index in [2.05, 4.69) is 22.4 Å². The van der Waals surface area contributed by atoms with E-state index in [1.807, 2.05) is 18.2 Å². The molecule has 1 aliphatic rings. The zero-order valence-corrected chi connectivity index (χ0v) is 16.8. The number of carbonyl (C=O) groups excluding carboxylic acids is 1. The zero-order chi connectivity index (χ0) is 19.5. The topological polar surface area (TPSA) is 69.0 Å². The Morgan fingerprint density at radius 2 is 2.18 bits per heavy atom. The maximum absolute atomic E-state index is 12.7. The number of anilines is 1. The highest BCUT2D eigenvalue weighted by Gasteiger charge is 2.28. The molecule has 7 heteroatoms. The number of fused-ring (bicyclic) bond motifs is 1. The van der Waals surface area contributed by atoms with Crippen LogP contribution >= 0.6 is 22.9 Å². The molecule has 0 saturated carbocycles. The van der Waals surface area contributed by atoms with Crippen molar-refractivity contribution in [2.24, 2.45) is 0 Å². The Morgan fingerprint density at radius 3 is 3.00 bits per heavy atom. The van der Waals surface area contributed by atoms with Crippen molar-refractivity contribution in [2.75, 3.05) is 18.4 Å². The second kappa shape index (κ2) is 8.27. The number of hydrogen-bond acceptors (Lipinski definition) is 5. The number of halogens is 1. The Hall–Kier alpha value is -2.46. The van der Waals surface area contributed by atoms with Gasteiger partial charge in [-0.15, -0.1) is 11.3 Å².